The monoisotopic (exact) mass is 452 g/mol. The minimum Gasteiger partial charge on any atom is -0.496 e. The van der Waals surface area contributed by atoms with Crippen LogP contribution in [-0.4, -0.2) is 50.1 Å². The van der Waals surface area contributed by atoms with E-state index in [9.17, 15) is 4.79 Å². The fourth-order valence-corrected chi connectivity index (χ4v) is 4.04. The largest absolute Gasteiger partial charge is 0.496 e. The van der Waals surface area contributed by atoms with Crippen LogP contribution in [0.15, 0.2) is 49.2 Å². The molecule has 1 saturated heterocycles. The van der Waals surface area contributed by atoms with Gasteiger partial charge in [0.1, 0.15) is 11.4 Å². The van der Waals surface area contributed by atoms with Gasteiger partial charge in [-0.15, -0.1) is 0 Å². The number of rotatable bonds is 6. The maximum absolute atomic E-state index is 13.1. The van der Waals surface area contributed by atoms with E-state index in [1.165, 1.54) is 6.20 Å². The lowest BCUT2D eigenvalue weighted by molar-refractivity contribution is 0.0941. The van der Waals surface area contributed by atoms with E-state index in [2.05, 4.69) is 15.4 Å². The van der Waals surface area contributed by atoms with Crippen LogP contribution in [0.3, 0.4) is 0 Å². The zero-order valence-corrected chi connectivity index (χ0v) is 18.1. The third-order valence-corrected chi connectivity index (χ3v) is 5.65. The highest BCUT2D eigenvalue weighted by Gasteiger charge is 2.22. The lowest BCUT2D eigenvalue weighted by atomic mass is 10.1. The molecule has 1 unspecified atom stereocenters. The van der Waals surface area contributed by atoms with Crippen molar-refractivity contribution in [3.63, 3.8) is 0 Å². The lowest BCUT2D eigenvalue weighted by Crippen LogP contribution is -2.15. The zero-order valence-electron chi connectivity index (χ0n) is 17.4. The molecule has 1 N–H and O–H groups in total. The van der Waals surface area contributed by atoms with E-state index >= 15 is 0 Å². The Balaban J connectivity index is 1.53. The van der Waals surface area contributed by atoms with E-state index in [-0.39, 0.29) is 12.0 Å². The topological polar surface area (TPSA) is 95.6 Å². The summed E-state index contributed by atoms with van der Waals surface area (Å²) in [5.74, 6) is 0.291. The predicted octanol–water partition coefficient (Wildman–Crippen LogP) is 3.69. The average molecular weight is 453 g/mol. The number of halogens is 1. The first kappa shape index (κ1) is 20.5. The highest BCUT2D eigenvalue weighted by molar-refractivity contribution is 6.31. The fraction of sp³-hybridized carbons (Fsp3) is 0.273. The highest BCUT2D eigenvalue weighted by atomic mass is 35.5. The van der Waals surface area contributed by atoms with Crippen molar-refractivity contribution in [1.82, 2.24) is 24.4 Å². The molecule has 4 aromatic rings. The first-order valence-electron chi connectivity index (χ1n) is 10.2. The molecule has 1 aliphatic rings. The standard InChI is InChI=1S/C22H21ClN6O3/c1-31-20-5-4-14(23)9-16(20)21-18(13-28(27-21)12-15-3-2-8-32-15)26-22(30)17-10-25-29-7-6-24-11-19(17)29/h4-7,9-11,13,15H,2-3,8,12H2,1H3,(H,26,30). The number of hydrogen-bond acceptors (Lipinski definition) is 6. The summed E-state index contributed by atoms with van der Waals surface area (Å²) in [6, 6.07) is 5.30. The van der Waals surface area contributed by atoms with Gasteiger partial charge in [0.2, 0.25) is 0 Å². The van der Waals surface area contributed by atoms with Crippen molar-refractivity contribution in [1.29, 1.82) is 0 Å². The van der Waals surface area contributed by atoms with Crippen LogP contribution in [-0.2, 0) is 11.3 Å². The molecule has 9 nitrogen and oxygen atoms in total. The summed E-state index contributed by atoms with van der Waals surface area (Å²) >= 11 is 6.26. The number of hydrogen-bond donors (Lipinski definition) is 1. The summed E-state index contributed by atoms with van der Waals surface area (Å²) in [7, 11) is 1.58. The van der Waals surface area contributed by atoms with Gasteiger partial charge in [-0.25, -0.2) is 4.52 Å². The van der Waals surface area contributed by atoms with Gasteiger partial charge in [0.25, 0.3) is 5.91 Å². The number of ether oxygens (including phenoxy) is 2. The van der Waals surface area contributed by atoms with Crippen molar-refractivity contribution in [2.75, 3.05) is 19.0 Å². The van der Waals surface area contributed by atoms with Crippen LogP contribution >= 0.6 is 11.6 Å². The molecule has 1 aromatic carbocycles. The van der Waals surface area contributed by atoms with E-state index in [0.29, 0.717) is 45.3 Å². The molecule has 0 bridgehead atoms. The normalized spacial score (nSPS) is 15.9. The second-order valence-corrected chi connectivity index (χ2v) is 7.95. The Labute approximate surface area is 188 Å². The molecule has 1 aliphatic heterocycles. The number of aromatic nitrogens is 5. The number of carbonyl (C=O) groups excluding carboxylic acids is 1. The van der Waals surface area contributed by atoms with Gasteiger partial charge < -0.3 is 14.8 Å². The van der Waals surface area contributed by atoms with Gasteiger partial charge in [-0.1, -0.05) is 11.6 Å². The summed E-state index contributed by atoms with van der Waals surface area (Å²) in [6.07, 6.45) is 10.3. The number of amides is 1. The fourth-order valence-electron chi connectivity index (χ4n) is 3.87. The van der Waals surface area contributed by atoms with Crippen LogP contribution < -0.4 is 10.1 Å². The Bertz CT molecular complexity index is 1280. The van der Waals surface area contributed by atoms with Gasteiger partial charge in [0.15, 0.2) is 0 Å². The van der Waals surface area contributed by atoms with Gasteiger partial charge in [-0.05, 0) is 31.0 Å². The van der Waals surface area contributed by atoms with E-state index in [0.717, 1.165) is 19.4 Å². The number of anilines is 1. The molecule has 0 saturated carbocycles. The summed E-state index contributed by atoms with van der Waals surface area (Å²) in [4.78, 5) is 17.2. The van der Waals surface area contributed by atoms with Gasteiger partial charge >= 0.3 is 0 Å². The Morgan fingerprint density at radius 2 is 2.28 bits per heavy atom. The number of methoxy groups -OCH3 is 1. The van der Waals surface area contributed by atoms with Gasteiger partial charge in [0.05, 0.1) is 48.9 Å². The molecule has 32 heavy (non-hydrogen) atoms. The number of carbonyl (C=O) groups is 1. The van der Waals surface area contributed by atoms with E-state index in [4.69, 9.17) is 26.2 Å². The van der Waals surface area contributed by atoms with E-state index in [1.807, 2.05) is 0 Å². The van der Waals surface area contributed by atoms with Crippen molar-refractivity contribution >= 4 is 28.7 Å². The van der Waals surface area contributed by atoms with Crippen LogP contribution in [0.4, 0.5) is 5.69 Å². The van der Waals surface area contributed by atoms with Crippen LogP contribution in [0.25, 0.3) is 16.8 Å². The summed E-state index contributed by atoms with van der Waals surface area (Å²) in [6.45, 7) is 1.35. The molecular weight excluding hydrogens is 432 g/mol. The quantitative estimate of drug-likeness (QED) is 0.479. The van der Waals surface area contributed by atoms with Crippen LogP contribution in [0.5, 0.6) is 5.75 Å². The molecule has 1 atom stereocenters. The van der Waals surface area contributed by atoms with Gasteiger partial charge in [-0.3, -0.25) is 14.5 Å². The maximum Gasteiger partial charge on any atom is 0.259 e. The first-order valence-corrected chi connectivity index (χ1v) is 10.6. The van der Waals surface area contributed by atoms with Crippen molar-refractivity contribution in [3.05, 3.63) is 59.8 Å². The van der Waals surface area contributed by atoms with Gasteiger partial charge in [0, 0.05) is 35.8 Å². The van der Waals surface area contributed by atoms with E-state index < -0.39 is 0 Å². The first-order chi connectivity index (χ1) is 15.6. The average Bonchev–Trinajstić information content (AvgIpc) is 3.54. The minimum absolute atomic E-state index is 0.0956. The Morgan fingerprint density at radius 1 is 1.38 bits per heavy atom. The smallest absolute Gasteiger partial charge is 0.259 e. The summed E-state index contributed by atoms with van der Waals surface area (Å²) in [5.41, 5.74) is 2.80. The Hall–Kier alpha value is -3.43. The molecular formula is C22H21ClN6O3. The van der Waals surface area contributed by atoms with Crippen LogP contribution in [0, 0.1) is 0 Å². The number of nitrogens with zero attached hydrogens (tertiary/aromatic N) is 5. The molecule has 164 valence electrons. The minimum atomic E-state index is -0.313. The van der Waals surface area contributed by atoms with Crippen molar-refractivity contribution < 1.29 is 14.3 Å². The second kappa shape index (κ2) is 8.60. The molecule has 10 heteroatoms. The number of fused-ring (bicyclic) bond motifs is 1. The van der Waals surface area contributed by atoms with Gasteiger partial charge in [-0.2, -0.15) is 10.2 Å². The molecule has 0 spiro atoms. The highest BCUT2D eigenvalue weighted by Crippen LogP contribution is 2.36. The summed E-state index contributed by atoms with van der Waals surface area (Å²) < 4.78 is 14.7. The third-order valence-electron chi connectivity index (χ3n) is 5.41. The predicted molar refractivity (Wildman–Crippen MR) is 119 cm³/mol. The molecule has 0 radical (unpaired) electrons. The second-order valence-electron chi connectivity index (χ2n) is 7.51. The van der Waals surface area contributed by atoms with E-state index in [1.54, 1.807) is 59.3 Å². The zero-order chi connectivity index (χ0) is 22.1. The van der Waals surface area contributed by atoms with Crippen molar-refractivity contribution in [3.8, 4) is 17.0 Å². The third kappa shape index (κ3) is 3.92. The lowest BCUT2D eigenvalue weighted by Gasteiger charge is -2.10. The Kier molecular flexibility index (Phi) is 5.50. The summed E-state index contributed by atoms with van der Waals surface area (Å²) in [5, 5.41) is 12.5. The molecule has 1 amide bonds. The van der Waals surface area contributed by atoms with Crippen LogP contribution in [0.2, 0.25) is 5.02 Å². The number of benzene rings is 1. The van der Waals surface area contributed by atoms with Crippen molar-refractivity contribution in [2.24, 2.45) is 0 Å². The SMILES string of the molecule is COc1ccc(Cl)cc1-c1nn(CC2CCCO2)cc1NC(=O)c1cnn2ccncc12. The molecule has 4 heterocycles. The molecule has 3 aromatic heterocycles. The maximum atomic E-state index is 13.1. The molecule has 5 rings (SSSR count). The Morgan fingerprint density at radius 3 is 3.09 bits per heavy atom. The molecule has 1 fully saturated rings. The number of nitrogens with one attached hydrogen (secondary N) is 1. The van der Waals surface area contributed by atoms with Crippen molar-refractivity contribution in [2.45, 2.75) is 25.5 Å². The molecule has 0 aliphatic carbocycles. The van der Waals surface area contributed by atoms with Crippen LogP contribution in [0.1, 0.15) is 23.2 Å².